The Bertz CT molecular complexity index is 930. The molecular weight excluding hydrogens is 378 g/mol. The number of aromatic nitrogens is 1. The van der Waals surface area contributed by atoms with E-state index in [0.29, 0.717) is 12.5 Å². The Morgan fingerprint density at radius 1 is 1.23 bits per heavy atom. The van der Waals surface area contributed by atoms with Gasteiger partial charge >= 0.3 is 0 Å². The third kappa shape index (κ3) is 3.16. The molecule has 3 heterocycles. The molecule has 1 saturated carbocycles. The van der Waals surface area contributed by atoms with Gasteiger partial charge in [-0.2, -0.15) is 0 Å². The van der Waals surface area contributed by atoms with E-state index in [1.807, 2.05) is 10.6 Å². The Balaban J connectivity index is 1.55. The van der Waals surface area contributed by atoms with Gasteiger partial charge in [0.15, 0.2) is 0 Å². The molecule has 4 atom stereocenters. The number of hydrogen-bond acceptors (Lipinski definition) is 4. The van der Waals surface area contributed by atoms with Gasteiger partial charge in [-0.25, -0.2) is 0 Å². The maximum absolute atomic E-state index is 13.4. The molecule has 162 valence electrons. The van der Waals surface area contributed by atoms with Gasteiger partial charge in [0.05, 0.1) is 12.1 Å². The van der Waals surface area contributed by atoms with Crippen molar-refractivity contribution in [1.82, 2.24) is 14.4 Å². The van der Waals surface area contributed by atoms with Crippen LogP contribution in [0.2, 0.25) is 0 Å². The van der Waals surface area contributed by atoms with Crippen LogP contribution >= 0.6 is 0 Å². The molecule has 0 bridgehead atoms. The monoisotopic (exact) mass is 411 g/mol. The highest BCUT2D eigenvalue weighted by Gasteiger charge is 2.56. The summed E-state index contributed by atoms with van der Waals surface area (Å²) in [6.07, 6.45) is 9.03. The van der Waals surface area contributed by atoms with Gasteiger partial charge in [0.1, 0.15) is 0 Å². The molecule has 1 N–H and O–H groups in total. The molecule has 6 heteroatoms. The maximum atomic E-state index is 13.4. The first-order valence-corrected chi connectivity index (χ1v) is 11.5. The van der Waals surface area contributed by atoms with Gasteiger partial charge in [0.25, 0.3) is 5.56 Å². The number of rotatable bonds is 5. The first-order chi connectivity index (χ1) is 14.5. The van der Waals surface area contributed by atoms with E-state index in [-0.39, 0.29) is 42.0 Å². The molecule has 5 rings (SSSR count). The topological polar surface area (TPSA) is 65.8 Å². The summed E-state index contributed by atoms with van der Waals surface area (Å²) in [5.74, 6) is 0.668. The number of amides is 1. The minimum absolute atomic E-state index is 0.0205. The van der Waals surface area contributed by atoms with Gasteiger partial charge in [-0.3, -0.25) is 14.5 Å². The second-order valence-corrected chi connectivity index (χ2v) is 9.84. The fourth-order valence-electron chi connectivity index (χ4n) is 5.99. The molecule has 6 nitrogen and oxygen atoms in total. The van der Waals surface area contributed by atoms with Crippen LogP contribution in [0.15, 0.2) is 23.0 Å². The minimum Gasteiger partial charge on any atom is -0.396 e. The van der Waals surface area contributed by atoms with Crippen molar-refractivity contribution >= 4 is 11.5 Å². The van der Waals surface area contributed by atoms with Gasteiger partial charge in [0, 0.05) is 56.9 Å². The first-order valence-electron chi connectivity index (χ1n) is 11.5. The summed E-state index contributed by atoms with van der Waals surface area (Å²) in [5, 5.41) is 10.3. The number of aliphatic hydroxyl groups is 1. The Hall–Kier alpha value is -1.92. The van der Waals surface area contributed by atoms with Gasteiger partial charge in [0.2, 0.25) is 5.91 Å². The van der Waals surface area contributed by atoms with Crippen LogP contribution in [0.4, 0.5) is 0 Å². The second-order valence-electron chi connectivity index (χ2n) is 9.84. The first kappa shape index (κ1) is 20.0. The van der Waals surface area contributed by atoms with E-state index in [9.17, 15) is 14.7 Å². The Labute approximate surface area is 178 Å². The van der Waals surface area contributed by atoms with Crippen LogP contribution in [0.3, 0.4) is 0 Å². The Morgan fingerprint density at radius 2 is 2.03 bits per heavy atom. The lowest BCUT2D eigenvalue weighted by Crippen LogP contribution is -2.48. The van der Waals surface area contributed by atoms with Crippen LogP contribution in [-0.4, -0.2) is 58.7 Å². The highest BCUT2D eigenvalue weighted by Crippen LogP contribution is 2.51. The number of hydrogen-bond donors (Lipinski definition) is 1. The molecule has 1 amide bonds. The third-order valence-electron chi connectivity index (χ3n) is 7.69. The van der Waals surface area contributed by atoms with E-state index in [4.69, 9.17) is 0 Å². The summed E-state index contributed by atoms with van der Waals surface area (Å²) in [5.41, 5.74) is 3.16. The fourth-order valence-corrected chi connectivity index (χ4v) is 5.99. The molecule has 2 fully saturated rings. The zero-order valence-electron chi connectivity index (χ0n) is 18.1. The van der Waals surface area contributed by atoms with Crippen molar-refractivity contribution in [3.8, 4) is 0 Å². The van der Waals surface area contributed by atoms with E-state index in [0.717, 1.165) is 37.1 Å². The fraction of sp³-hybridized carbons (Fsp3) is 0.667. The number of aliphatic hydroxyl groups excluding tert-OH is 1. The predicted molar refractivity (Wildman–Crippen MR) is 116 cm³/mol. The number of likely N-dealkylation sites (N-methyl/N-ethyl adjacent to an activating group) is 1. The number of likely N-dealkylation sites (tertiary alicyclic amines) is 1. The minimum atomic E-state index is -0.301. The molecule has 1 saturated heterocycles. The maximum Gasteiger partial charge on any atom is 0.258 e. The Morgan fingerprint density at radius 3 is 2.67 bits per heavy atom. The van der Waals surface area contributed by atoms with E-state index in [2.05, 4.69) is 17.0 Å². The van der Waals surface area contributed by atoms with Crippen molar-refractivity contribution in [1.29, 1.82) is 0 Å². The summed E-state index contributed by atoms with van der Waals surface area (Å²) in [4.78, 5) is 30.5. The van der Waals surface area contributed by atoms with Crippen molar-refractivity contribution in [2.45, 2.75) is 57.2 Å². The number of allylic oxidation sites excluding steroid dienone is 2. The van der Waals surface area contributed by atoms with Gasteiger partial charge in [-0.1, -0.05) is 6.08 Å². The van der Waals surface area contributed by atoms with E-state index >= 15 is 0 Å². The van der Waals surface area contributed by atoms with Crippen LogP contribution in [0, 0.1) is 17.8 Å². The number of fused-ring (bicyclic) bond motifs is 3. The number of carbonyl (C=O) groups is 1. The zero-order chi connectivity index (χ0) is 21.0. The van der Waals surface area contributed by atoms with Gasteiger partial charge in [-0.15, -0.1) is 0 Å². The summed E-state index contributed by atoms with van der Waals surface area (Å²) in [7, 11) is 3.59. The van der Waals surface area contributed by atoms with E-state index in [1.54, 1.807) is 19.0 Å². The van der Waals surface area contributed by atoms with E-state index < -0.39 is 0 Å². The molecular formula is C24H33N3O3. The molecule has 2 aliphatic heterocycles. The van der Waals surface area contributed by atoms with Crippen molar-refractivity contribution in [3.05, 3.63) is 39.8 Å². The average molecular weight is 412 g/mol. The van der Waals surface area contributed by atoms with Crippen LogP contribution in [0.5, 0.6) is 0 Å². The summed E-state index contributed by atoms with van der Waals surface area (Å²) in [6, 6.07) is 3.87. The van der Waals surface area contributed by atoms with Crippen molar-refractivity contribution in [2.75, 3.05) is 27.2 Å². The number of nitrogens with zero attached hydrogens (tertiary/aromatic N) is 3. The summed E-state index contributed by atoms with van der Waals surface area (Å²) < 4.78 is 1.94. The average Bonchev–Trinajstić information content (AvgIpc) is 3.41. The quantitative estimate of drug-likeness (QED) is 0.807. The number of pyridine rings is 1. The second kappa shape index (κ2) is 7.65. The summed E-state index contributed by atoms with van der Waals surface area (Å²) in [6.45, 7) is 1.46. The van der Waals surface area contributed by atoms with Crippen LogP contribution < -0.4 is 5.56 Å². The van der Waals surface area contributed by atoms with E-state index in [1.165, 1.54) is 24.8 Å². The van der Waals surface area contributed by atoms with Crippen LogP contribution in [-0.2, 0) is 11.3 Å². The number of carbonyl (C=O) groups excluding carboxylic acids is 1. The summed E-state index contributed by atoms with van der Waals surface area (Å²) >= 11 is 0. The SMILES string of the molecule is CN(C)C(=O)[C@H]1[C@H](CO)[C@H]2Cn3c(ccc(C4=CCCCC4)c3=O)[C@H]2N1CC1CC1. The van der Waals surface area contributed by atoms with Crippen LogP contribution in [0.1, 0.15) is 55.8 Å². The highest BCUT2D eigenvalue weighted by molar-refractivity contribution is 5.82. The molecule has 2 aliphatic carbocycles. The van der Waals surface area contributed by atoms with Crippen LogP contribution in [0.25, 0.3) is 5.57 Å². The predicted octanol–water partition coefficient (Wildman–Crippen LogP) is 2.27. The largest absolute Gasteiger partial charge is 0.396 e. The standard InChI is InChI=1S/C24H33N3O3/c1-25(2)24(30)22-19(14-28)18-13-26-20(21(18)27(22)12-15-8-9-15)11-10-17(23(26)29)16-6-4-3-5-7-16/h6,10-11,15,18-19,21-22,28H,3-5,7-9,12-14H2,1-2H3/t18-,19-,21+,22-/m1/s1. The van der Waals surface area contributed by atoms with Gasteiger partial charge < -0.3 is 14.6 Å². The smallest absolute Gasteiger partial charge is 0.258 e. The molecule has 0 unspecified atom stereocenters. The van der Waals surface area contributed by atoms with Crippen molar-refractivity contribution in [3.63, 3.8) is 0 Å². The molecule has 1 aromatic rings. The van der Waals surface area contributed by atoms with Gasteiger partial charge in [-0.05, 0) is 62.1 Å². The lowest BCUT2D eigenvalue weighted by molar-refractivity contribution is -0.135. The highest BCUT2D eigenvalue weighted by atomic mass is 16.3. The molecule has 0 aromatic carbocycles. The normalized spacial score (nSPS) is 30.7. The van der Waals surface area contributed by atoms with Crippen molar-refractivity contribution in [2.24, 2.45) is 17.8 Å². The Kier molecular flexibility index (Phi) is 5.10. The van der Waals surface area contributed by atoms with Crippen molar-refractivity contribution < 1.29 is 9.90 Å². The molecule has 4 aliphatic rings. The molecule has 0 radical (unpaired) electrons. The molecule has 1 aromatic heterocycles. The lowest BCUT2D eigenvalue weighted by Gasteiger charge is -2.32. The molecule has 0 spiro atoms. The molecule has 30 heavy (non-hydrogen) atoms. The zero-order valence-corrected chi connectivity index (χ0v) is 18.1. The lowest BCUT2D eigenvalue weighted by atomic mass is 9.88. The third-order valence-corrected chi connectivity index (χ3v) is 7.69.